The number of anilines is 1. The number of aliphatic hydroxyl groups is 1. The first-order valence-electron chi connectivity index (χ1n) is 8.45. The summed E-state index contributed by atoms with van der Waals surface area (Å²) < 4.78 is 17.9. The number of ketones is 1. The van der Waals surface area contributed by atoms with Gasteiger partial charge in [0.05, 0.1) is 18.7 Å². The number of hydrogen-bond donors (Lipinski definition) is 1. The maximum atomic E-state index is 13.1. The molecule has 1 amide bonds. The fourth-order valence-corrected chi connectivity index (χ4v) is 3.14. The highest BCUT2D eigenvalue weighted by atomic mass is 19.1. The summed E-state index contributed by atoms with van der Waals surface area (Å²) in [6, 6.07) is 11.3. The summed E-state index contributed by atoms with van der Waals surface area (Å²) in [5.41, 5.74) is -1.33. The van der Waals surface area contributed by atoms with Crippen LogP contribution in [0.25, 0.3) is 0 Å². The predicted octanol–water partition coefficient (Wildman–Crippen LogP) is 2.20. The van der Waals surface area contributed by atoms with Gasteiger partial charge in [0.2, 0.25) is 0 Å². The molecule has 2 aromatic rings. The molecule has 1 N–H and O–H groups in total. The Bertz CT molecular complexity index is 896. The molecule has 0 aliphatic carbocycles. The molecule has 1 aliphatic heterocycles. The summed E-state index contributed by atoms with van der Waals surface area (Å²) in [5, 5.41) is 11.1. The molecule has 1 unspecified atom stereocenters. The van der Waals surface area contributed by atoms with E-state index in [1.165, 1.54) is 18.2 Å². The topological polar surface area (TPSA) is 83.9 Å². The van der Waals surface area contributed by atoms with Crippen LogP contribution in [-0.2, 0) is 19.9 Å². The molecule has 0 saturated carbocycles. The Morgan fingerprint density at radius 2 is 1.81 bits per heavy atom. The number of carbonyl (C=O) groups excluding carboxylic acids is 3. The zero-order valence-electron chi connectivity index (χ0n) is 14.6. The van der Waals surface area contributed by atoms with Crippen LogP contribution in [0.3, 0.4) is 0 Å². The second-order valence-corrected chi connectivity index (χ2v) is 6.18. The number of rotatable bonds is 6. The number of fused-ring (bicyclic) bond motifs is 1. The molecule has 2 aromatic carbocycles. The fourth-order valence-electron chi connectivity index (χ4n) is 3.14. The molecule has 140 valence electrons. The highest BCUT2D eigenvalue weighted by Gasteiger charge is 2.51. The first kappa shape index (κ1) is 18.7. The van der Waals surface area contributed by atoms with Crippen LogP contribution >= 0.6 is 0 Å². The highest BCUT2D eigenvalue weighted by Crippen LogP contribution is 2.42. The number of amides is 1. The molecule has 27 heavy (non-hydrogen) atoms. The minimum Gasteiger partial charge on any atom is -0.465 e. The Morgan fingerprint density at radius 1 is 1.15 bits per heavy atom. The van der Waals surface area contributed by atoms with Gasteiger partial charge in [-0.1, -0.05) is 18.2 Å². The van der Waals surface area contributed by atoms with E-state index in [1.54, 1.807) is 25.1 Å². The lowest BCUT2D eigenvalue weighted by Gasteiger charge is -2.22. The molecular formula is C20H18FNO5. The second-order valence-electron chi connectivity index (χ2n) is 6.18. The third kappa shape index (κ3) is 3.46. The molecule has 0 aromatic heterocycles. The van der Waals surface area contributed by atoms with Crippen LogP contribution in [0.4, 0.5) is 10.1 Å². The quantitative estimate of drug-likeness (QED) is 0.622. The van der Waals surface area contributed by atoms with Gasteiger partial charge in [0.1, 0.15) is 12.4 Å². The van der Waals surface area contributed by atoms with Crippen LogP contribution in [-0.4, -0.2) is 35.9 Å². The number of Topliss-reactive ketones (excluding diaryl/α,β-unsaturated/α-hetero) is 1. The Hall–Kier alpha value is -3.06. The number of carbonyl (C=O) groups is 3. The van der Waals surface area contributed by atoms with Crippen molar-refractivity contribution in [3.8, 4) is 0 Å². The van der Waals surface area contributed by atoms with Gasteiger partial charge in [0.25, 0.3) is 5.91 Å². The van der Waals surface area contributed by atoms with E-state index in [-0.39, 0.29) is 24.3 Å². The van der Waals surface area contributed by atoms with Crippen LogP contribution < -0.4 is 4.90 Å². The molecule has 0 radical (unpaired) electrons. The van der Waals surface area contributed by atoms with Crippen molar-refractivity contribution >= 4 is 23.3 Å². The summed E-state index contributed by atoms with van der Waals surface area (Å²) in [6.45, 7) is 1.45. The molecule has 1 heterocycles. The molecule has 0 saturated heterocycles. The molecule has 3 rings (SSSR count). The molecule has 6 nitrogen and oxygen atoms in total. The van der Waals surface area contributed by atoms with Gasteiger partial charge in [-0.15, -0.1) is 0 Å². The average molecular weight is 371 g/mol. The van der Waals surface area contributed by atoms with E-state index in [0.29, 0.717) is 5.69 Å². The molecular weight excluding hydrogens is 353 g/mol. The van der Waals surface area contributed by atoms with Gasteiger partial charge in [-0.25, -0.2) is 4.39 Å². The third-order valence-electron chi connectivity index (χ3n) is 4.41. The van der Waals surface area contributed by atoms with E-state index < -0.39 is 35.5 Å². The minimum atomic E-state index is -2.10. The Kier molecular flexibility index (Phi) is 5.05. The van der Waals surface area contributed by atoms with Crippen molar-refractivity contribution in [1.82, 2.24) is 0 Å². The zero-order valence-corrected chi connectivity index (χ0v) is 14.6. The monoisotopic (exact) mass is 371 g/mol. The Balaban J connectivity index is 1.92. The molecule has 1 atom stereocenters. The van der Waals surface area contributed by atoms with E-state index in [0.717, 1.165) is 17.0 Å². The van der Waals surface area contributed by atoms with Gasteiger partial charge in [0.15, 0.2) is 11.4 Å². The van der Waals surface area contributed by atoms with Gasteiger partial charge in [0, 0.05) is 11.1 Å². The van der Waals surface area contributed by atoms with E-state index in [4.69, 9.17) is 4.74 Å². The van der Waals surface area contributed by atoms with Crippen molar-refractivity contribution in [2.75, 3.05) is 18.1 Å². The van der Waals surface area contributed by atoms with Crippen LogP contribution in [0.1, 0.15) is 29.3 Å². The lowest BCUT2D eigenvalue weighted by molar-refractivity contribution is -0.144. The van der Waals surface area contributed by atoms with Gasteiger partial charge in [-0.2, -0.15) is 0 Å². The SMILES string of the molecule is CCOC(=O)CN1C(=O)C(O)(CC(=O)c2ccc(F)cc2)c2ccccc21. The maximum absolute atomic E-state index is 13.1. The largest absolute Gasteiger partial charge is 0.465 e. The molecule has 0 bridgehead atoms. The van der Waals surface area contributed by atoms with Crippen LogP contribution in [0, 0.1) is 5.82 Å². The number of ether oxygens (including phenoxy) is 1. The normalized spacial score (nSPS) is 18.3. The van der Waals surface area contributed by atoms with Crippen molar-refractivity contribution in [2.45, 2.75) is 18.9 Å². The van der Waals surface area contributed by atoms with Crippen molar-refractivity contribution < 1.29 is 28.6 Å². The number of benzene rings is 2. The Morgan fingerprint density at radius 3 is 2.48 bits per heavy atom. The maximum Gasteiger partial charge on any atom is 0.326 e. The number of hydrogen-bond acceptors (Lipinski definition) is 5. The van der Waals surface area contributed by atoms with E-state index in [1.807, 2.05) is 0 Å². The molecule has 7 heteroatoms. The Labute approximate surface area is 155 Å². The zero-order chi connectivity index (χ0) is 19.6. The summed E-state index contributed by atoms with van der Waals surface area (Å²) >= 11 is 0. The predicted molar refractivity (Wildman–Crippen MR) is 94.7 cm³/mol. The van der Waals surface area contributed by atoms with Crippen molar-refractivity contribution in [2.24, 2.45) is 0 Å². The summed E-state index contributed by atoms with van der Waals surface area (Å²) in [5.74, 6) is -2.39. The number of para-hydroxylation sites is 1. The first-order valence-corrected chi connectivity index (χ1v) is 8.45. The smallest absolute Gasteiger partial charge is 0.326 e. The number of esters is 1. The van der Waals surface area contributed by atoms with E-state index >= 15 is 0 Å². The van der Waals surface area contributed by atoms with Crippen molar-refractivity contribution in [1.29, 1.82) is 0 Å². The van der Waals surface area contributed by atoms with Crippen molar-refractivity contribution in [3.05, 3.63) is 65.5 Å². The fraction of sp³-hybridized carbons (Fsp3) is 0.250. The van der Waals surface area contributed by atoms with Gasteiger partial charge < -0.3 is 9.84 Å². The number of halogens is 1. The lowest BCUT2D eigenvalue weighted by atomic mass is 9.88. The summed E-state index contributed by atoms with van der Waals surface area (Å²) in [6.07, 6.45) is -0.520. The summed E-state index contributed by atoms with van der Waals surface area (Å²) in [7, 11) is 0. The van der Waals surface area contributed by atoms with E-state index in [2.05, 4.69) is 0 Å². The molecule has 1 aliphatic rings. The lowest BCUT2D eigenvalue weighted by Crippen LogP contribution is -2.44. The summed E-state index contributed by atoms with van der Waals surface area (Å²) in [4.78, 5) is 38.4. The standard InChI is InChI=1S/C20H18FNO5/c1-2-27-18(24)12-22-16-6-4-3-5-15(16)20(26,19(22)25)11-17(23)13-7-9-14(21)10-8-13/h3-10,26H,2,11-12H2,1H3. The third-order valence-corrected chi connectivity index (χ3v) is 4.41. The molecule has 0 spiro atoms. The van der Waals surface area contributed by atoms with Crippen LogP contribution in [0.2, 0.25) is 0 Å². The van der Waals surface area contributed by atoms with Gasteiger partial charge in [-0.05, 0) is 37.3 Å². The first-order chi connectivity index (χ1) is 12.9. The van der Waals surface area contributed by atoms with Gasteiger partial charge >= 0.3 is 5.97 Å². The number of nitrogens with zero attached hydrogens (tertiary/aromatic N) is 1. The molecule has 0 fully saturated rings. The van der Waals surface area contributed by atoms with Crippen LogP contribution in [0.5, 0.6) is 0 Å². The van der Waals surface area contributed by atoms with Gasteiger partial charge in [-0.3, -0.25) is 19.3 Å². The minimum absolute atomic E-state index is 0.163. The van der Waals surface area contributed by atoms with E-state index in [9.17, 15) is 23.9 Å². The average Bonchev–Trinajstić information content (AvgIpc) is 2.85. The second kappa shape index (κ2) is 7.28. The van der Waals surface area contributed by atoms with Crippen molar-refractivity contribution in [3.63, 3.8) is 0 Å². The van der Waals surface area contributed by atoms with Crippen LogP contribution in [0.15, 0.2) is 48.5 Å². The highest BCUT2D eigenvalue weighted by molar-refractivity contribution is 6.12.